The summed E-state index contributed by atoms with van der Waals surface area (Å²) in [6.45, 7) is 4.98. The predicted molar refractivity (Wildman–Crippen MR) is 140 cm³/mol. The number of rotatable bonds is 12. The Morgan fingerprint density at radius 2 is 1.72 bits per heavy atom. The maximum absolute atomic E-state index is 12.7. The van der Waals surface area contributed by atoms with Gasteiger partial charge in [-0.25, -0.2) is 5.43 Å². The van der Waals surface area contributed by atoms with Crippen LogP contribution < -0.4 is 24.4 Å². The van der Waals surface area contributed by atoms with Crippen molar-refractivity contribution >= 4 is 23.7 Å². The van der Waals surface area contributed by atoms with E-state index in [-0.39, 0.29) is 6.61 Å². The maximum atomic E-state index is 12.7. The molecule has 0 aliphatic carbocycles. The molecule has 0 unspecified atom stereocenters. The van der Waals surface area contributed by atoms with Crippen LogP contribution >= 0.6 is 11.6 Å². The normalized spacial score (nSPS) is 10.5. The summed E-state index contributed by atoms with van der Waals surface area (Å²) in [6, 6.07) is 18.1. The minimum atomic E-state index is -0.410. The molecule has 0 aliphatic heterocycles. The van der Waals surface area contributed by atoms with Crippen molar-refractivity contribution in [2.45, 2.75) is 20.5 Å². The minimum Gasteiger partial charge on any atom is -0.490 e. The van der Waals surface area contributed by atoms with Crippen molar-refractivity contribution in [1.82, 2.24) is 5.43 Å². The van der Waals surface area contributed by atoms with E-state index in [0.29, 0.717) is 59.0 Å². The summed E-state index contributed by atoms with van der Waals surface area (Å²) in [5, 5.41) is 4.36. The Balaban J connectivity index is 1.69. The van der Waals surface area contributed by atoms with Gasteiger partial charge in [0.15, 0.2) is 23.0 Å². The van der Waals surface area contributed by atoms with Crippen LogP contribution in [0, 0.1) is 12.3 Å². The number of terminal acetylenes is 1. The molecule has 3 aromatic rings. The molecule has 3 aromatic carbocycles. The second kappa shape index (κ2) is 13.7. The Kier molecular flexibility index (Phi) is 10.0. The highest BCUT2D eigenvalue weighted by atomic mass is 35.5. The number of hydrogen-bond donors (Lipinski definition) is 1. The highest BCUT2D eigenvalue weighted by Crippen LogP contribution is 2.36. The lowest BCUT2D eigenvalue weighted by Crippen LogP contribution is -2.17. The first kappa shape index (κ1) is 26.5. The molecule has 0 aromatic heterocycles. The lowest BCUT2D eigenvalue weighted by atomic mass is 10.2. The van der Waals surface area contributed by atoms with Gasteiger partial charge in [-0.15, -0.1) is 6.42 Å². The quantitative estimate of drug-likeness (QED) is 0.199. The first-order valence-corrected chi connectivity index (χ1v) is 11.7. The number of nitrogens with one attached hydrogen (secondary N) is 1. The fourth-order valence-electron chi connectivity index (χ4n) is 3.18. The van der Waals surface area contributed by atoms with Gasteiger partial charge in [-0.1, -0.05) is 47.9 Å². The molecule has 0 bridgehead atoms. The molecule has 0 radical (unpaired) electrons. The topological polar surface area (TPSA) is 78.4 Å². The van der Waals surface area contributed by atoms with E-state index < -0.39 is 5.91 Å². The first-order chi connectivity index (χ1) is 17.5. The number of halogens is 1. The number of carbonyl (C=O) groups excluding carboxylic acids is 1. The number of amides is 1. The van der Waals surface area contributed by atoms with Crippen LogP contribution in [0.2, 0.25) is 5.02 Å². The van der Waals surface area contributed by atoms with Crippen LogP contribution in [0.5, 0.6) is 23.0 Å². The van der Waals surface area contributed by atoms with Gasteiger partial charge in [0.2, 0.25) is 0 Å². The summed E-state index contributed by atoms with van der Waals surface area (Å²) in [4.78, 5) is 12.7. The van der Waals surface area contributed by atoms with Crippen LogP contribution in [0.3, 0.4) is 0 Å². The summed E-state index contributed by atoms with van der Waals surface area (Å²) < 4.78 is 22.7. The third-order valence-corrected chi connectivity index (χ3v) is 5.03. The zero-order valence-corrected chi connectivity index (χ0v) is 20.9. The molecule has 1 amide bonds. The molecular formula is C28H27ClN2O5. The lowest BCUT2D eigenvalue weighted by Gasteiger charge is -2.13. The molecule has 0 saturated heterocycles. The zero-order chi connectivity index (χ0) is 25.8. The summed E-state index contributed by atoms with van der Waals surface area (Å²) in [5.41, 5.74) is 4.51. The molecule has 7 nitrogen and oxygen atoms in total. The van der Waals surface area contributed by atoms with Crippen LogP contribution in [0.25, 0.3) is 0 Å². The second-order valence-electron chi connectivity index (χ2n) is 7.32. The van der Waals surface area contributed by atoms with Crippen LogP contribution in [0.15, 0.2) is 65.8 Å². The molecule has 3 rings (SSSR count). The molecule has 8 heteroatoms. The van der Waals surface area contributed by atoms with Crippen LogP contribution in [-0.4, -0.2) is 31.9 Å². The van der Waals surface area contributed by atoms with E-state index in [9.17, 15) is 4.79 Å². The van der Waals surface area contributed by atoms with Crippen molar-refractivity contribution in [2.75, 3.05) is 19.8 Å². The van der Waals surface area contributed by atoms with Crippen LogP contribution in [0.4, 0.5) is 0 Å². The molecule has 0 fully saturated rings. The van der Waals surface area contributed by atoms with Gasteiger partial charge in [0, 0.05) is 5.56 Å². The van der Waals surface area contributed by atoms with Crippen molar-refractivity contribution in [3.63, 3.8) is 0 Å². The average Bonchev–Trinajstić information content (AvgIpc) is 2.88. The average molecular weight is 507 g/mol. The second-order valence-corrected chi connectivity index (χ2v) is 7.73. The predicted octanol–water partition coefficient (Wildman–Crippen LogP) is 5.49. The molecule has 1 N–H and O–H groups in total. The van der Waals surface area contributed by atoms with E-state index in [1.807, 2.05) is 44.2 Å². The van der Waals surface area contributed by atoms with Crippen molar-refractivity contribution in [1.29, 1.82) is 0 Å². The fraction of sp³-hybridized carbons (Fsp3) is 0.214. The Morgan fingerprint density at radius 3 is 2.44 bits per heavy atom. The van der Waals surface area contributed by atoms with Crippen molar-refractivity contribution in [3.05, 3.63) is 82.4 Å². The SMILES string of the molecule is C#CCOc1c(Cl)cc(/C=N/NC(=O)c2ccc(OCc3ccccc3)c(OCC)c2)cc1OCC. The van der Waals surface area contributed by atoms with E-state index in [4.69, 9.17) is 37.0 Å². The Morgan fingerprint density at radius 1 is 0.972 bits per heavy atom. The highest BCUT2D eigenvalue weighted by Gasteiger charge is 2.13. The van der Waals surface area contributed by atoms with E-state index in [1.165, 1.54) is 6.21 Å². The Labute approximate surface area is 216 Å². The highest BCUT2D eigenvalue weighted by molar-refractivity contribution is 6.32. The largest absolute Gasteiger partial charge is 0.490 e. The fourth-order valence-corrected chi connectivity index (χ4v) is 3.46. The number of hydrogen-bond acceptors (Lipinski definition) is 6. The van der Waals surface area contributed by atoms with Gasteiger partial charge < -0.3 is 18.9 Å². The summed E-state index contributed by atoms with van der Waals surface area (Å²) in [5.74, 6) is 3.79. The molecule has 0 saturated carbocycles. The molecule has 0 atom stereocenters. The smallest absolute Gasteiger partial charge is 0.271 e. The molecule has 0 aliphatic rings. The standard InChI is InChI=1S/C28H27ClN2O5/c1-4-14-35-27-23(29)15-21(16-26(27)34-6-3)18-30-31-28(32)22-12-13-24(25(17-22)33-5-2)36-19-20-10-8-7-9-11-20/h1,7-13,15-18H,5-6,14,19H2,2-3H3,(H,31,32)/b30-18+. The number of benzene rings is 3. The molecule has 36 heavy (non-hydrogen) atoms. The van der Waals surface area contributed by atoms with Gasteiger partial charge >= 0.3 is 0 Å². The Bertz CT molecular complexity index is 1240. The monoisotopic (exact) mass is 506 g/mol. The van der Waals surface area contributed by atoms with Crippen molar-refractivity contribution < 1.29 is 23.7 Å². The number of carbonyl (C=O) groups is 1. The van der Waals surface area contributed by atoms with E-state index in [2.05, 4.69) is 16.4 Å². The van der Waals surface area contributed by atoms with Gasteiger partial charge in [-0.2, -0.15) is 5.10 Å². The first-order valence-electron chi connectivity index (χ1n) is 11.3. The number of nitrogens with zero attached hydrogens (tertiary/aromatic N) is 1. The van der Waals surface area contributed by atoms with Crippen molar-refractivity contribution in [2.24, 2.45) is 5.10 Å². The van der Waals surface area contributed by atoms with Gasteiger partial charge in [0.05, 0.1) is 24.5 Å². The molecular weight excluding hydrogens is 480 g/mol. The molecule has 0 spiro atoms. The molecule has 0 heterocycles. The van der Waals surface area contributed by atoms with E-state index >= 15 is 0 Å². The van der Waals surface area contributed by atoms with E-state index in [0.717, 1.165) is 5.56 Å². The summed E-state index contributed by atoms with van der Waals surface area (Å²) in [7, 11) is 0. The van der Waals surface area contributed by atoms with Gasteiger partial charge in [0.25, 0.3) is 5.91 Å². The van der Waals surface area contributed by atoms with Gasteiger partial charge in [0.1, 0.15) is 13.2 Å². The van der Waals surface area contributed by atoms with Crippen molar-refractivity contribution in [3.8, 4) is 35.3 Å². The number of ether oxygens (including phenoxy) is 4. The maximum Gasteiger partial charge on any atom is 0.271 e. The molecule has 186 valence electrons. The minimum absolute atomic E-state index is 0.0586. The van der Waals surface area contributed by atoms with E-state index in [1.54, 1.807) is 30.3 Å². The van der Waals surface area contributed by atoms with Gasteiger partial charge in [-0.05, 0) is 55.3 Å². The third-order valence-electron chi connectivity index (χ3n) is 4.75. The summed E-state index contributed by atoms with van der Waals surface area (Å²) in [6.07, 6.45) is 6.72. The summed E-state index contributed by atoms with van der Waals surface area (Å²) >= 11 is 6.32. The third kappa shape index (κ3) is 7.42. The lowest BCUT2D eigenvalue weighted by molar-refractivity contribution is 0.0954. The Hall–Kier alpha value is -4.15. The zero-order valence-electron chi connectivity index (χ0n) is 20.1. The number of hydrazone groups is 1. The van der Waals surface area contributed by atoms with Crippen LogP contribution in [0.1, 0.15) is 35.3 Å². The van der Waals surface area contributed by atoms with Crippen LogP contribution in [-0.2, 0) is 6.61 Å². The van der Waals surface area contributed by atoms with Gasteiger partial charge in [-0.3, -0.25) is 4.79 Å².